The normalized spacial score (nSPS) is 20.5. The molecule has 0 aliphatic carbocycles. The highest BCUT2D eigenvalue weighted by Crippen LogP contribution is 2.21. The third-order valence-corrected chi connectivity index (χ3v) is 3.84. The molecule has 1 N–H and O–H groups in total. The number of piperidine rings is 1. The molecule has 0 radical (unpaired) electrons. The van der Waals surface area contributed by atoms with Crippen LogP contribution in [-0.4, -0.2) is 19.7 Å². The first-order valence-electron chi connectivity index (χ1n) is 6.29. The number of benzene rings is 1. The molecule has 2 nitrogen and oxygen atoms in total. The van der Waals surface area contributed by atoms with Crippen LogP contribution in [0.2, 0.25) is 0 Å². The Labute approximate surface area is 112 Å². The van der Waals surface area contributed by atoms with Crippen molar-refractivity contribution in [3.63, 3.8) is 0 Å². The molecule has 17 heavy (non-hydrogen) atoms. The largest absolute Gasteiger partial charge is 0.380 e. The Kier molecular flexibility index (Phi) is 5.01. The smallest absolute Gasteiger partial charge is 0.0715 e. The zero-order chi connectivity index (χ0) is 12.1. The van der Waals surface area contributed by atoms with E-state index >= 15 is 0 Å². The lowest BCUT2D eigenvalue weighted by molar-refractivity contribution is 0.184. The van der Waals surface area contributed by atoms with Crippen LogP contribution in [0, 0.1) is 0 Å². The molecule has 1 aromatic carbocycles. The molecule has 0 aromatic heterocycles. The number of hydrogen-bond acceptors (Lipinski definition) is 2. The van der Waals surface area contributed by atoms with Gasteiger partial charge >= 0.3 is 0 Å². The Hall–Kier alpha value is -0.380. The molecular formula is C14H20BrNO. The van der Waals surface area contributed by atoms with Gasteiger partial charge in [-0.25, -0.2) is 0 Å². The lowest BCUT2D eigenvalue weighted by atomic mass is 9.95. The summed E-state index contributed by atoms with van der Waals surface area (Å²) in [6.07, 6.45) is 5.07. The summed E-state index contributed by atoms with van der Waals surface area (Å²) >= 11 is 3.55. The fraction of sp³-hybridized carbons (Fsp3) is 0.571. The van der Waals surface area contributed by atoms with Crippen LogP contribution in [0.15, 0.2) is 22.7 Å². The van der Waals surface area contributed by atoms with Crippen molar-refractivity contribution in [2.24, 2.45) is 0 Å². The van der Waals surface area contributed by atoms with Gasteiger partial charge in [-0.15, -0.1) is 0 Å². The maximum atomic E-state index is 5.26. The zero-order valence-corrected chi connectivity index (χ0v) is 11.9. The highest BCUT2D eigenvalue weighted by molar-refractivity contribution is 9.10. The van der Waals surface area contributed by atoms with Crippen LogP contribution in [0.1, 0.15) is 30.4 Å². The number of halogens is 1. The number of hydrogen-bond donors (Lipinski definition) is 1. The van der Waals surface area contributed by atoms with Gasteiger partial charge in [0.25, 0.3) is 0 Å². The first-order chi connectivity index (χ1) is 8.29. The predicted molar refractivity (Wildman–Crippen MR) is 74.2 cm³/mol. The number of nitrogens with one attached hydrogen (secondary N) is 1. The van der Waals surface area contributed by atoms with Crippen LogP contribution in [0.5, 0.6) is 0 Å². The van der Waals surface area contributed by atoms with E-state index in [0.717, 1.165) is 17.4 Å². The van der Waals surface area contributed by atoms with Crippen molar-refractivity contribution in [1.82, 2.24) is 5.32 Å². The van der Waals surface area contributed by atoms with E-state index in [1.807, 2.05) is 0 Å². The first kappa shape index (κ1) is 13.1. The lowest BCUT2D eigenvalue weighted by Gasteiger charge is -2.24. The Bertz CT molecular complexity index is 361. The molecule has 3 heteroatoms. The number of rotatable bonds is 4. The van der Waals surface area contributed by atoms with E-state index in [1.165, 1.54) is 30.4 Å². The standard InChI is InChI=1S/C14H20BrNO/c1-17-10-11-5-6-13(15)8-12(11)9-14-4-2-3-7-16-14/h5-6,8,14,16H,2-4,7,9-10H2,1H3. The second-order valence-corrected chi connectivity index (χ2v) is 5.61. The van der Waals surface area contributed by atoms with Crippen molar-refractivity contribution in [3.05, 3.63) is 33.8 Å². The van der Waals surface area contributed by atoms with Gasteiger partial charge in [0.1, 0.15) is 0 Å². The van der Waals surface area contributed by atoms with Gasteiger partial charge in [-0.1, -0.05) is 28.4 Å². The molecule has 1 aliphatic heterocycles. The van der Waals surface area contributed by atoms with Crippen LogP contribution >= 0.6 is 15.9 Å². The van der Waals surface area contributed by atoms with E-state index in [2.05, 4.69) is 39.4 Å². The zero-order valence-electron chi connectivity index (χ0n) is 10.3. The summed E-state index contributed by atoms with van der Waals surface area (Å²) in [5.74, 6) is 0. The van der Waals surface area contributed by atoms with Crippen molar-refractivity contribution in [1.29, 1.82) is 0 Å². The van der Waals surface area contributed by atoms with E-state index in [0.29, 0.717) is 12.6 Å². The molecule has 1 saturated heterocycles. The van der Waals surface area contributed by atoms with Gasteiger partial charge in [-0.3, -0.25) is 0 Å². The molecule has 0 spiro atoms. The monoisotopic (exact) mass is 297 g/mol. The SMILES string of the molecule is COCc1ccc(Br)cc1CC1CCCCN1. The fourth-order valence-corrected chi connectivity index (χ4v) is 2.85. The second-order valence-electron chi connectivity index (χ2n) is 4.70. The van der Waals surface area contributed by atoms with Gasteiger partial charge in [0.05, 0.1) is 6.61 Å². The Morgan fingerprint density at radius 3 is 2.94 bits per heavy atom. The highest BCUT2D eigenvalue weighted by Gasteiger charge is 2.15. The van der Waals surface area contributed by atoms with Crippen LogP contribution in [0.4, 0.5) is 0 Å². The minimum atomic E-state index is 0.633. The summed E-state index contributed by atoms with van der Waals surface area (Å²) < 4.78 is 6.42. The average Bonchev–Trinajstić information content (AvgIpc) is 2.34. The maximum absolute atomic E-state index is 5.26. The van der Waals surface area contributed by atoms with Crippen molar-refractivity contribution in [2.75, 3.05) is 13.7 Å². The molecule has 0 saturated carbocycles. The summed E-state index contributed by atoms with van der Waals surface area (Å²) in [4.78, 5) is 0. The van der Waals surface area contributed by atoms with Crippen LogP contribution in [0.3, 0.4) is 0 Å². The predicted octanol–water partition coefficient (Wildman–Crippen LogP) is 3.28. The van der Waals surface area contributed by atoms with Crippen molar-refractivity contribution in [2.45, 2.75) is 38.3 Å². The molecule has 1 unspecified atom stereocenters. The van der Waals surface area contributed by atoms with Gasteiger partial charge in [-0.05, 0) is 49.1 Å². The third-order valence-electron chi connectivity index (χ3n) is 3.35. The van der Waals surface area contributed by atoms with Gasteiger partial charge < -0.3 is 10.1 Å². The van der Waals surface area contributed by atoms with E-state index < -0.39 is 0 Å². The maximum Gasteiger partial charge on any atom is 0.0715 e. The third kappa shape index (κ3) is 3.80. The van der Waals surface area contributed by atoms with E-state index in [9.17, 15) is 0 Å². The number of methoxy groups -OCH3 is 1. The van der Waals surface area contributed by atoms with Crippen molar-refractivity contribution in [3.8, 4) is 0 Å². The van der Waals surface area contributed by atoms with Gasteiger partial charge in [0.2, 0.25) is 0 Å². The molecule has 2 rings (SSSR count). The topological polar surface area (TPSA) is 21.3 Å². The Morgan fingerprint density at radius 1 is 1.35 bits per heavy atom. The summed E-state index contributed by atoms with van der Waals surface area (Å²) in [6.45, 7) is 1.87. The lowest BCUT2D eigenvalue weighted by Crippen LogP contribution is -2.35. The summed E-state index contributed by atoms with van der Waals surface area (Å²) in [6, 6.07) is 7.11. The summed E-state index contributed by atoms with van der Waals surface area (Å²) in [5, 5.41) is 3.60. The molecular weight excluding hydrogens is 278 g/mol. The molecule has 1 atom stereocenters. The van der Waals surface area contributed by atoms with E-state index in [-0.39, 0.29) is 0 Å². The van der Waals surface area contributed by atoms with Gasteiger partial charge in [-0.2, -0.15) is 0 Å². The van der Waals surface area contributed by atoms with Crippen molar-refractivity contribution >= 4 is 15.9 Å². The average molecular weight is 298 g/mol. The van der Waals surface area contributed by atoms with Crippen LogP contribution in [-0.2, 0) is 17.8 Å². The fourth-order valence-electron chi connectivity index (χ4n) is 2.44. The second kappa shape index (κ2) is 6.53. The molecule has 1 aliphatic rings. The first-order valence-corrected chi connectivity index (χ1v) is 7.08. The van der Waals surface area contributed by atoms with Crippen LogP contribution < -0.4 is 5.32 Å². The van der Waals surface area contributed by atoms with Gasteiger partial charge in [0, 0.05) is 17.6 Å². The number of ether oxygens (including phenoxy) is 1. The highest BCUT2D eigenvalue weighted by atomic mass is 79.9. The van der Waals surface area contributed by atoms with E-state index in [1.54, 1.807) is 7.11 Å². The molecule has 1 aromatic rings. The minimum absolute atomic E-state index is 0.633. The van der Waals surface area contributed by atoms with Crippen LogP contribution in [0.25, 0.3) is 0 Å². The summed E-state index contributed by atoms with van der Waals surface area (Å²) in [7, 11) is 1.75. The Morgan fingerprint density at radius 2 is 2.24 bits per heavy atom. The molecule has 94 valence electrons. The molecule has 1 heterocycles. The molecule has 0 bridgehead atoms. The molecule has 0 amide bonds. The van der Waals surface area contributed by atoms with Crippen molar-refractivity contribution < 1.29 is 4.74 Å². The Balaban J connectivity index is 2.08. The quantitative estimate of drug-likeness (QED) is 0.921. The summed E-state index contributed by atoms with van der Waals surface area (Å²) in [5.41, 5.74) is 2.71. The van der Waals surface area contributed by atoms with E-state index in [4.69, 9.17) is 4.74 Å². The van der Waals surface area contributed by atoms with Gasteiger partial charge in [0.15, 0.2) is 0 Å². The molecule has 1 fully saturated rings. The minimum Gasteiger partial charge on any atom is -0.380 e.